The van der Waals surface area contributed by atoms with Crippen LogP contribution in [0.4, 0.5) is 8.78 Å². The first-order valence-corrected chi connectivity index (χ1v) is 4.15. The number of benzene rings is 1. The van der Waals surface area contributed by atoms with Crippen molar-refractivity contribution in [1.82, 2.24) is 0 Å². The van der Waals surface area contributed by atoms with Gasteiger partial charge in [0.25, 0.3) is 5.78 Å². The van der Waals surface area contributed by atoms with Gasteiger partial charge in [-0.25, -0.2) is 13.6 Å². The van der Waals surface area contributed by atoms with Gasteiger partial charge in [-0.3, -0.25) is 4.79 Å². The molecule has 0 aliphatic carbocycles. The van der Waals surface area contributed by atoms with Crippen LogP contribution >= 0.6 is 15.9 Å². The number of ketones is 1. The fourth-order valence-electron chi connectivity index (χ4n) is 0.812. The van der Waals surface area contributed by atoms with Gasteiger partial charge in [0, 0.05) is 10.0 Å². The summed E-state index contributed by atoms with van der Waals surface area (Å²) in [5, 5.41) is 8.33. The Hall–Kier alpha value is -1.30. The van der Waals surface area contributed by atoms with Crippen molar-refractivity contribution < 1.29 is 23.5 Å². The minimum atomic E-state index is -1.73. The molecule has 1 N–H and O–H groups in total. The molecule has 0 aliphatic rings. The highest BCUT2D eigenvalue weighted by atomic mass is 79.9. The number of aliphatic carboxylic acids is 1. The Balaban J connectivity index is 3.29. The second-order valence-corrected chi connectivity index (χ2v) is 3.23. The van der Waals surface area contributed by atoms with Gasteiger partial charge in [-0.05, 0) is 28.1 Å². The molecule has 1 aromatic carbocycles. The van der Waals surface area contributed by atoms with Crippen LogP contribution in [0.5, 0.6) is 0 Å². The molecule has 0 unspecified atom stereocenters. The van der Waals surface area contributed by atoms with Crippen LogP contribution < -0.4 is 0 Å². The number of Topliss-reactive ketones (excluding diaryl/α,β-unsaturated/α-hetero) is 1. The van der Waals surface area contributed by atoms with Crippen molar-refractivity contribution in [3.8, 4) is 0 Å². The van der Waals surface area contributed by atoms with Crippen LogP contribution in [0.3, 0.4) is 0 Å². The van der Waals surface area contributed by atoms with Gasteiger partial charge in [-0.15, -0.1) is 0 Å². The fraction of sp³-hybridized carbons (Fsp3) is 0. The van der Waals surface area contributed by atoms with Crippen molar-refractivity contribution in [2.45, 2.75) is 0 Å². The highest BCUT2D eigenvalue weighted by Crippen LogP contribution is 2.21. The molecule has 1 aromatic rings. The van der Waals surface area contributed by atoms with E-state index < -0.39 is 29.0 Å². The smallest absolute Gasteiger partial charge is 0.377 e. The summed E-state index contributed by atoms with van der Waals surface area (Å²) in [7, 11) is 0. The zero-order valence-electron chi connectivity index (χ0n) is 6.55. The Kier molecular flexibility index (Phi) is 2.95. The van der Waals surface area contributed by atoms with Crippen LogP contribution in [0.1, 0.15) is 10.4 Å². The molecule has 0 saturated carbocycles. The maximum absolute atomic E-state index is 12.6. The van der Waals surface area contributed by atoms with E-state index in [9.17, 15) is 18.4 Å². The van der Waals surface area contributed by atoms with Crippen LogP contribution in [0.2, 0.25) is 0 Å². The van der Waals surface area contributed by atoms with Gasteiger partial charge in [-0.1, -0.05) is 0 Å². The first kappa shape index (κ1) is 10.8. The monoisotopic (exact) mass is 264 g/mol. The lowest BCUT2D eigenvalue weighted by atomic mass is 10.1. The highest BCUT2D eigenvalue weighted by Gasteiger charge is 2.20. The summed E-state index contributed by atoms with van der Waals surface area (Å²) in [4.78, 5) is 21.2. The van der Waals surface area contributed by atoms with Crippen molar-refractivity contribution in [2.75, 3.05) is 0 Å². The summed E-state index contributed by atoms with van der Waals surface area (Å²) in [6.45, 7) is 0. The van der Waals surface area contributed by atoms with E-state index in [0.29, 0.717) is 12.1 Å². The zero-order valence-corrected chi connectivity index (χ0v) is 8.14. The maximum atomic E-state index is 12.6. The van der Waals surface area contributed by atoms with Crippen molar-refractivity contribution in [3.05, 3.63) is 33.8 Å². The van der Waals surface area contributed by atoms with E-state index in [2.05, 4.69) is 15.9 Å². The number of carbonyl (C=O) groups is 2. The van der Waals surface area contributed by atoms with Crippen molar-refractivity contribution in [1.29, 1.82) is 0 Å². The van der Waals surface area contributed by atoms with Crippen molar-refractivity contribution >= 4 is 27.7 Å². The van der Waals surface area contributed by atoms with Gasteiger partial charge in [0.15, 0.2) is 11.6 Å². The van der Waals surface area contributed by atoms with E-state index in [-0.39, 0.29) is 4.47 Å². The average molecular weight is 265 g/mol. The molecule has 0 atom stereocenters. The summed E-state index contributed by atoms with van der Waals surface area (Å²) in [6.07, 6.45) is 0. The number of carboxylic acid groups (broad SMARTS) is 1. The number of halogens is 3. The molecule has 0 fully saturated rings. The van der Waals surface area contributed by atoms with Crippen LogP contribution in [-0.4, -0.2) is 16.9 Å². The third kappa shape index (κ3) is 1.95. The summed E-state index contributed by atoms with van der Waals surface area (Å²) in [5.41, 5.74) is -0.420. The predicted molar refractivity (Wildman–Crippen MR) is 46.0 cm³/mol. The van der Waals surface area contributed by atoms with Gasteiger partial charge in [0.1, 0.15) is 0 Å². The van der Waals surface area contributed by atoms with E-state index in [4.69, 9.17) is 5.11 Å². The van der Waals surface area contributed by atoms with Crippen LogP contribution in [0.25, 0.3) is 0 Å². The largest absolute Gasteiger partial charge is 0.475 e. The van der Waals surface area contributed by atoms with E-state index >= 15 is 0 Å². The van der Waals surface area contributed by atoms with E-state index in [1.165, 1.54) is 0 Å². The number of hydrogen-bond donors (Lipinski definition) is 1. The Morgan fingerprint density at radius 3 is 2.21 bits per heavy atom. The van der Waals surface area contributed by atoms with Gasteiger partial charge in [0.2, 0.25) is 0 Å². The molecule has 6 heteroatoms. The first-order valence-electron chi connectivity index (χ1n) is 3.35. The Labute approximate surface area is 85.5 Å². The van der Waals surface area contributed by atoms with E-state index in [0.717, 1.165) is 0 Å². The minimum Gasteiger partial charge on any atom is -0.475 e. The standard InChI is InChI=1S/C8H3BrF2O3/c9-4-2-6(11)5(10)1-3(4)7(12)8(13)14/h1-2H,(H,13,14). The highest BCUT2D eigenvalue weighted by molar-refractivity contribution is 9.10. The molecule has 0 saturated heterocycles. The first-order chi connectivity index (χ1) is 6.43. The van der Waals surface area contributed by atoms with Crippen molar-refractivity contribution in [2.24, 2.45) is 0 Å². The zero-order chi connectivity index (χ0) is 10.9. The molecule has 0 radical (unpaired) electrons. The number of carboxylic acids is 1. The molecule has 3 nitrogen and oxygen atoms in total. The molecule has 0 aromatic heterocycles. The molecule has 0 aliphatic heterocycles. The number of carbonyl (C=O) groups excluding carboxylic acids is 1. The molecule has 74 valence electrons. The van der Waals surface area contributed by atoms with Crippen LogP contribution in [-0.2, 0) is 4.79 Å². The molecule has 0 spiro atoms. The predicted octanol–water partition coefficient (Wildman–Crippen LogP) is 1.99. The molecule has 0 heterocycles. The van der Waals surface area contributed by atoms with E-state index in [1.807, 2.05) is 0 Å². The van der Waals surface area contributed by atoms with Crippen molar-refractivity contribution in [3.63, 3.8) is 0 Å². The Morgan fingerprint density at radius 1 is 1.21 bits per heavy atom. The van der Waals surface area contributed by atoms with Gasteiger partial charge in [0.05, 0.1) is 0 Å². The number of rotatable bonds is 2. The topological polar surface area (TPSA) is 54.4 Å². The molecular weight excluding hydrogens is 262 g/mol. The van der Waals surface area contributed by atoms with Crippen LogP contribution in [0, 0.1) is 11.6 Å². The van der Waals surface area contributed by atoms with E-state index in [1.54, 1.807) is 0 Å². The van der Waals surface area contributed by atoms with Gasteiger partial charge < -0.3 is 5.11 Å². The second-order valence-electron chi connectivity index (χ2n) is 2.38. The lowest BCUT2D eigenvalue weighted by molar-refractivity contribution is -0.131. The normalized spacial score (nSPS) is 9.93. The summed E-state index contributed by atoms with van der Waals surface area (Å²) >= 11 is 2.76. The second kappa shape index (κ2) is 3.83. The molecule has 0 bridgehead atoms. The Bertz CT molecular complexity index is 417. The van der Waals surface area contributed by atoms with Crippen LogP contribution in [0.15, 0.2) is 16.6 Å². The summed E-state index contributed by atoms with van der Waals surface area (Å²) < 4.78 is 25.1. The average Bonchev–Trinajstić information content (AvgIpc) is 2.10. The third-order valence-electron chi connectivity index (χ3n) is 1.45. The Morgan fingerprint density at radius 2 is 1.71 bits per heavy atom. The van der Waals surface area contributed by atoms with Gasteiger partial charge >= 0.3 is 5.97 Å². The summed E-state index contributed by atoms with van der Waals surface area (Å²) in [6, 6.07) is 1.24. The molecular formula is C8H3BrF2O3. The lowest BCUT2D eigenvalue weighted by Crippen LogP contribution is -2.13. The molecule has 0 amide bonds. The minimum absolute atomic E-state index is 0.0937. The fourth-order valence-corrected chi connectivity index (χ4v) is 1.31. The molecule has 14 heavy (non-hydrogen) atoms. The molecule has 1 rings (SSSR count). The quantitative estimate of drug-likeness (QED) is 0.505. The van der Waals surface area contributed by atoms with Gasteiger partial charge in [-0.2, -0.15) is 0 Å². The lowest BCUT2D eigenvalue weighted by Gasteiger charge is -2.00. The number of hydrogen-bond acceptors (Lipinski definition) is 2. The maximum Gasteiger partial charge on any atom is 0.377 e. The third-order valence-corrected chi connectivity index (χ3v) is 2.10. The SMILES string of the molecule is O=C(O)C(=O)c1cc(F)c(F)cc1Br. The summed E-state index contributed by atoms with van der Waals surface area (Å²) in [5.74, 6) is -5.44.